The van der Waals surface area contributed by atoms with E-state index in [-0.39, 0.29) is 18.2 Å². The van der Waals surface area contributed by atoms with Gasteiger partial charge in [-0.15, -0.1) is 0 Å². The zero-order chi connectivity index (χ0) is 16.8. The van der Waals surface area contributed by atoms with E-state index in [0.29, 0.717) is 21.2 Å². The molecule has 1 amide bonds. The number of nitrogens with one attached hydrogen (secondary N) is 1. The third-order valence-corrected chi connectivity index (χ3v) is 3.60. The molecule has 2 aromatic rings. The third kappa shape index (κ3) is 4.85. The van der Waals surface area contributed by atoms with E-state index in [0.717, 1.165) is 5.56 Å². The maximum atomic E-state index is 12.0. The van der Waals surface area contributed by atoms with Crippen molar-refractivity contribution in [3.8, 4) is 11.8 Å². The highest BCUT2D eigenvalue weighted by Crippen LogP contribution is 2.20. The molecule has 0 aromatic heterocycles. The second-order valence-electron chi connectivity index (χ2n) is 4.74. The van der Waals surface area contributed by atoms with Crippen molar-refractivity contribution in [2.45, 2.75) is 6.92 Å². The first kappa shape index (κ1) is 17.1. The Morgan fingerprint density at radius 3 is 2.43 bits per heavy atom. The van der Waals surface area contributed by atoms with Gasteiger partial charge in [-0.3, -0.25) is 9.59 Å². The van der Waals surface area contributed by atoms with Gasteiger partial charge in [0.2, 0.25) is 0 Å². The Kier molecular flexibility index (Phi) is 5.81. The van der Waals surface area contributed by atoms with E-state index in [2.05, 4.69) is 17.2 Å². The van der Waals surface area contributed by atoms with Crippen LogP contribution in [0.15, 0.2) is 42.5 Å². The first-order chi connectivity index (χ1) is 11.0. The minimum Gasteiger partial charge on any atom is -0.341 e. The average Bonchev–Trinajstić information content (AvgIpc) is 2.54. The van der Waals surface area contributed by atoms with Crippen LogP contribution in [-0.4, -0.2) is 18.2 Å². The zero-order valence-corrected chi connectivity index (χ0v) is 13.8. The van der Waals surface area contributed by atoms with E-state index in [1.807, 2.05) is 0 Å². The van der Waals surface area contributed by atoms with Crippen LogP contribution >= 0.6 is 23.2 Å². The average molecular weight is 346 g/mol. The van der Waals surface area contributed by atoms with E-state index in [1.165, 1.54) is 13.0 Å². The Morgan fingerprint density at radius 2 is 1.78 bits per heavy atom. The van der Waals surface area contributed by atoms with E-state index < -0.39 is 0 Å². The quantitative estimate of drug-likeness (QED) is 0.675. The molecule has 0 aliphatic carbocycles. The number of amides is 1. The Labute approximate surface area is 144 Å². The van der Waals surface area contributed by atoms with Crippen molar-refractivity contribution in [1.82, 2.24) is 5.32 Å². The van der Waals surface area contributed by atoms with Gasteiger partial charge in [0.15, 0.2) is 5.78 Å². The predicted molar refractivity (Wildman–Crippen MR) is 92.1 cm³/mol. The monoisotopic (exact) mass is 345 g/mol. The zero-order valence-electron chi connectivity index (χ0n) is 12.3. The Hall–Kier alpha value is -2.28. The van der Waals surface area contributed by atoms with E-state index in [9.17, 15) is 9.59 Å². The first-order valence-corrected chi connectivity index (χ1v) is 7.56. The molecule has 0 aliphatic rings. The molecule has 0 radical (unpaired) electrons. The maximum Gasteiger partial charge on any atom is 0.253 e. The van der Waals surface area contributed by atoms with Crippen LogP contribution in [0.1, 0.15) is 33.2 Å². The third-order valence-electron chi connectivity index (χ3n) is 3.03. The lowest BCUT2D eigenvalue weighted by atomic mass is 10.1. The molecule has 0 spiro atoms. The molecule has 0 saturated carbocycles. The van der Waals surface area contributed by atoms with Gasteiger partial charge in [0.05, 0.1) is 17.1 Å². The lowest BCUT2D eigenvalue weighted by Crippen LogP contribution is -2.23. The normalized spacial score (nSPS) is 9.70. The number of rotatable bonds is 3. The maximum absolute atomic E-state index is 12.0. The van der Waals surface area contributed by atoms with Crippen molar-refractivity contribution in [1.29, 1.82) is 0 Å². The fraction of sp³-hybridized carbons (Fsp3) is 0.111. The van der Waals surface area contributed by atoms with Gasteiger partial charge in [0, 0.05) is 16.1 Å². The van der Waals surface area contributed by atoms with Crippen molar-refractivity contribution in [3.05, 3.63) is 69.2 Å². The van der Waals surface area contributed by atoms with Crippen LogP contribution in [0.25, 0.3) is 0 Å². The van der Waals surface area contributed by atoms with E-state index in [1.54, 1.807) is 36.4 Å². The largest absolute Gasteiger partial charge is 0.341 e. The van der Waals surface area contributed by atoms with E-state index >= 15 is 0 Å². The second kappa shape index (κ2) is 7.82. The van der Waals surface area contributed by atoms with Crippen LogP contribution in [0, 0.1) is 11.8 Å². The molecule has 2 rings (SSSR count). The standard InChI is InChI=1S/C18H13Cl2NO2/c1-12(22)14-6-4-13(5-7-14)3-2-10-21-18(23)16-11-15(19)8-9-17(16)20/h4-9,11H,10H2,1H3,(H,21,23). The van der Waals surface area contributed by atoms with Gasteiger partial charge in [-0.2, -0.15) is 0 Å². The molecule has 3 nitrogen and oxygen atoms in total. The van der Waals surface area contributed by atoms with Crippen LogP contribution in [0.5, 0.6) is 0 Å². The molecule has 0 aliphatic heterocycles. The van der Waals surface area contributed by atoms with E-state index in [4.69, 9.17) is 23.2 Å². The smallest absolute Gasteiger partial charge is 0.253 e. The summed E-state index contributed by atoms with van der Waals surface area (Å²) < 4.78 is 0. The molecular formula is C18H13Cl2NO2. The van der Waals surface area contributed by atoms with Crippen molar-refractivity contribution in [2.24, 2.45) is 0 Å². The number of hydrogen-bond acceptors (Lipinski definition) is 2. The van der Waals surface area contributed by atoms with Gasteiger partial charge in [-0.05, 0) is 37.3 Å². The van der Waals surface area contributed by atoms with Gasteiger partial charge < -0.3 is 5.32 Å². The highest BCUT2D eigenvalue weighted by molar-refractivity contribution is 6.35. The van der Waals surface area contributed by atoms with Crippen molar-refractivity contribution in [2.75, 3.05) is 6.54 Å². The van der Waals surface area contributed by atoms with Crippen molar-refractivity contribution in [3.63, 3.8) is 0 Å². The van der Waals surface area contributed by atoms with Gasteiger partial charge >= 0.3 is 0 Å². The molecule has 0 bridgehead atoms. The molecular weight excluding hydrogens is 333 g/mol. The predicted octanol–water partition coefficient (Wildman–Crippen LogP) is 3.98. The molecule has 116 valence electrons. The Bertz CT molecular complexity index is 802. The lowest BCUT2D eigenvalue weighted by Gasteiger charge is -2.04. The molecule has 23 heavy (non-hydrogen) atoms. The highest BCUT2D eigenvalue weighted by Gasteiger charge is 2.09. The number of carbonyl (C=O) groups is 2. The van der Waals surface area contributed by atoms with Crippen LogP contribution in [-0.2, 0) is 0 Å². The molecule has 0 fully saturated rings. The van der Waals surface area contributed by atoms with Crippen LogP contribution < -0.4 is 5.32 Å². The molecule has 1 N–H and O–H groups in total. The summed E-state index contributed by atoms with van der Waals surface area (Å²) in [6.45, 7) is 1.69. The summed E-state index contributed by atoms with van der Waals surface area (Å²) in [4.78, 5) is 23.2. The minimum absolute atomic E-state index is 0.00942. The summed E-state index contributed by atoms with van der Waals surface area (Å²) in [5, 5.41) is 3.43. The SMILES string of the molecule is CC(=O)c1ccc(C#CCNC(=O)c2cc(Cl)ccc2Cl)cc1. The topological polar surface area (TPSA) is 46.2 Å². The summed E-state index contributed by atoms with van der Waals surface area (Å²) in [6, 6.07) is 11.7. The van der Waals surface area contributed by atoms with Gasteiger partial charge in [0.1, 0.15) is 0 Å². The first-order valence-electron chi connectivity index (χ1n) is 6.80. The molecule has 0 atom stereocenters. The van der Waals surface area contributed by atoms with Crippen LogP contribution in [0.4, 0.5) is 0 Å². The van der Waals surface area contributed by atoms with Crippen LogP contribution in [0.2, 0.25) is 10.0 Å². The lowest BCUT2D eigenvalue weighted by molar-refractivity contribution is 0.0957. The summed E-state index contributed by atoms with van der Waals surface area (Å²) >= 11 is 11.8. The van der Waals surface area contributed by atoms with Crippen molar-refractivity contribution >= 4 is 34.9 Å². The second-order valence-corrected chi connectivity index (χ2v) is 5.59. The number of Topliss-reactive ketones (excluding diaryl/α,β-unsaturated/α-hetero) is 1. The molecule has 0 saturated heterocycles. The Morgan fingerprint density at radius 1 is 1.09 bits per heavy atom. The molecule has 0 unspecified atom stereocenters. The van der Waals surface area contributed by atoms with Gasteiger partial charge in [-0.25, -0.2) is 0 Å². The van der Waals surface area contributed by atoms with Crippen LogP contribution in [0.3, 0.4) is 0 Å². The van der Waals surface area contributed by atoms with Gasteiger partial charge in [-0.1, -0.05) is 47.2 Å². The molecule has 5 heteroatoms. The number of carbonyl (C=O) groups excluding carboxylic acids is 2. The summed E-state index contributed by atoms with van der Waals surface area (Å²) in [6.07, 6.45) is 0. The summed E-state index contributed by atoms with van der Waals surface area (Å²) in [5.74, 6) is 5.43. The van der Waals surface area contributed by atoms with Crippen molar-refractivity contribution < 1.29 is 9.59 Å². The van der Waals surface area contributed by atoms with Gasteiger partial charge in [0.25, 0.3) is 5.91 Å². The number of ketones is 1. The summed E-state index contributed by atoms with van der Waals surface area (Å²) in [7, 11) is 0. The highest BCUT2D eigenvalue weighted by atomic mass is 35.5. The minimum atomic E-state index is -0.335. The fourth-order valence-corrected chi connectivity index (χ4v) is 2.20. The number of hydrogen-bond donors (Lipinski definition) is 1. The Balaban J connectivity index is 1.96. The fourth-order valence-electron chi connectivity index (χ4n) is 1.83. The number of benzene rings is 2. The molecule has 2 aromatic carbocycles. The molecule has 0 heterocycles. The summed E-state index contributed by atoms with van der Waals surface area (Å²) in [5.41, 5.74) is 1.72. The number of halogens is 2.